The molecule has 0 fully saturated rings. The van der Waals surface area contributed by atoms with E-state index in [1.807, 2.05) is 0 Å². The molecule has 1 rings (SSSR count). The lowest BCUT2D eigenvalue weighted by Crippen LogP contribution is -2.14. The molecule has 0 saturated heterocycles. The quantitative estimate of drug-likeness (QED) is 0.748. The molecular weight excluding hydrogens is 188 g/mol. The number of likely N-dealkylation sites (N-methyl/N-ethyl adjacent to an activating group) is 1. The molecule has 2 nitrogen and oxygen atoms in total. The van der Waals surface area contributed by atoms with Gasteiger partial charge in [0.2, 0.25) is 0 Å². The molecule has 0 aliphatic heterocycles. The summed E-state index contributed by atoms with van der Waals surface area (Å²) in [4.78, 5) is 6.58. The number of hydrogen-bond acceptors (Lipinski definition) is 4. The van der Waals surface area contributed by atoms with E-state index < -0.39 is 0 Å². The topological polar surface area (TPSA) is 16.1 Å². The summed E-state index contributed by atoms with van der Waals surface area (Å²) in [6.07, 6.45) is 1.05. The normalized spacial score (nSPS) is 11.0. The molecule has 68 valence electrons. The molecule has 0 aliphatic carbocycles. The Hall–Kier alpha value is -0.0600. The molecule has 0 aliphatic rings. The van der Waals surface area contributed by atoms with Gasteiger partial charge in [0.25, 0.3) is 0 Å². The van der Waals surface area contributed by atoms with Crippen molar-refractivity contribution >= 4 is 24.0 Å². The van der Waals surface area contributed by atoms with Crippen molar-refractivity contribution in [3.05, 3.63) is 16.1 Å². The Bertz CT molecular complexity index is 233. The van der Waals surface area contributed by atoms with Crippen LogP contribution in [0.2, 0.25) is 0 Å². The van der Waals surface area contributed by atoms with Gasteiger partial charge in [-0.05, 0) is 14.1 Å². The van der Waals surface area contributed by atoms with Crippen molar-refractivity contribution in [2.24, 2.45) is 0 Å². The zero-order chi connectivity index (χ0) is 8.97. The van der Waals surface area contributed by atoms with E-state index in [4.69, 9.17) is 0 Å². The smallest absolute Gasteiger partial charge is 0.0941 e. The van der Waals surface area contributed by atoms with Gasteiger partial charge in [-0.15, -0.1) is 11.3 Å². The first-order valence-electron chi connectivity index (χ1n) is 3.91. The van der Waals surface area contributed by atoms with E-state index in [2.05, 4.69) is 42.0 Å². The van der Waals surface area contributed by atoms with Gasteiger partial charge in [-0.1, -0.05) is 0 Å². The molecule has 0 N–H and O–H groups in total. The lowest BCUT2D eigenvalue weighted by molar-refractivity contribution is 0.413. The van der Waals surface area contributed by atoms with Crippen molar-refractivity contribution in [3.63, 3.8) is 0 Å². The average Bonchev–Trinajstić information content (AvgIpc) is 2.48. The molecule has 0 unspecified atom stereocenters. The van der Waals surface area contributed by atoms with E-state index in [0.717, 1.165) is 24.4 Å². The second-order valence-electron chi connectivity index (χ2n) is 2.94. The summed E-state index contributed by atoms with van der Waals surface area (Å²) in [5, 5.41) is 3.30. The van der Waals surface area contributed by atoms with Gasteiger partial charge >= 0.3 is 0 Å². The van der Waals surface area contributed by atoms with Crippen LogP contribution in [0.3, 0.4) is 0 Å². The van der Waals surface area contributed by atoms with Crippen LogP contribution in [0.25, 0.3) is 0 Å². The Morgan fingerprint density at radius 1 is 1.58 bits per heavy atom. The van der Waals surface area contributed by atoms with Crippen LogP contribution in [0.4, 0.5) is 0 Å². The van der Waals surface area contributed by atoms with Gasteiger partial charge in [0.05, 0.1) is 10.7 Å². The number of thiol groups is 1. The summed E-state index contributed by atoms with van der Waals surface area (Å²) in [5.41, 5.74) is 1.09. The largest absolute Gasteiger partial charge is 0.309 e. The average molecular weight is 202 g/mol. The highest BCUT2D eigenvalue weighted by Crippen LogP contribution is 2.11. The Kier molecular flexibility index (Phi) is 4.05. The van der Waals surface area contributed by atoms with Crippen molar-refractivity contribution in [3.8, 4) is 0 Å². The van der Waals surface area contributed by atoms with Gasteiger partial charge in [-0.3, -0.25) is 0 Å². The Labute approximate surface area is 83.0 Å². The van der Waals surface area contributed by atoms with Crippen molar-refractivity contribution in [1.82, 2.24) is 9.88 Å². The predicted octanol–water partition coefficient (Wildman–Crippen LogP) is 1.68. The third kappa shape index (κ3) is 3.13. The fraction of sp³-hybridized carbons (Fsp3) is 0.625. The Morgan fingerprint density at radius 2 is 2.33 bits per heavy atom. The number of hydrogen-bond donors (Lipinski definition) is 1. The van der Waals surface area contributed by atoms with Gasteiger partial charge in [-0.25, -0.2) is 4.98 Å². The van der Waals surface area contributed by atoms with E-state index >= 15 is 0 Å². The van der Waals surface area contributed by atoms with Crippen LogP contribution in [-0.2, 0) is 12.2 Å². The van der Waals surface area contributed by atoms with E-state index in [1.165, 1.54) is 5.01 Å². The zero-order valence-corrected chi connectivity index (χ0v) is 9.16. The predicted molar refractivity (Wildman–Crippen MR) is 57.1 cm³/mol. The molecule has 0 aromatic carbocycles. The summed E-state index contributed by atoms with van der Waals surface area (Å²) in [5.74, 6) is 0.748. The molecule has 1 aromatic rings. The molecular formula is C8H14N2S2. The van der Waals surface area contributed by atoms with Gasteiger partial charge in [0, 0.05) is 24.1 Å². The summed E-state index contributed by atoms with van der Waals surface area (Å²) in [6, 6.07) is 0. The molecule has 0 amide bonds. The zero-order valence-electron chi connectivity index (χ0n) is 7.45. The fourth-order valence-corrected chi connectivity index (χ4v) is 1.93. The Balaban J connectivity index is 2.41. The maximum atomic E-state index is 4.42. The van der Waals surface area contributed by atoms with Crippen molar-refractivity contribution < 1.29 is 0 Å². The highest BCUT2D eigenvalue weighted by Gasteiger charge is 2.00. The minimum Gasteiger partial charge on any atom is -0.309 e. The maximum Gasteiger partial charge on any atom is 0.0941 e. The van der Waals surface area contributed by atoms with Crippen LogP contribution in [-0.4, -0.2) is 30.5 Å². The lowest BCUT2D eigenvalue weighted by atomic mass is 10.4. The monoisotopic (exact) mass is 202 g/mol. The van der Waals surface area contributed by atoms with E-state index in [0.29, 0.717) is 0 Å². The minimum absolute atomic E-state index is 0.748. The lowest BCUT2D eigenvalue weighted by Gasteiger charge is -2.06. The number of thiazole rings is 1. The summed E-state index contributed by atoms with van der Waals surface area (Å²) in [6.45, 7) is 1.07. The molecule has 0 atom stereocenters. The molecule has 0 radical (unpaired) electrons. The molecule has 12 heavy (non-hydrogen) atoms. The van der Waals surface area contributed by atoms with Crippen LogP contribution >= 0.6 is 24.0 Å². The van der Waals surface area contributed by atoms with Crippen LogP contribution in [0.5, 0.6) is 0 Å². The molecule has 0 spiro atoms. The van der Waals surface area contributed by atoms with Gasteiger partial charge < -0.3 is 4.90 Å². The van der Waals surface area contributed by atoms with Crippen LogP contribution in [0.1, 0.15) is 10.7 Å². The highest BCUT2D eigenvalue weighted by molar-refractivity contribution is 7.79. The number of nitrogens with zero attached hydrogens (tertiary/aromatic N) is 2. The molecule has 1 aromatic heterocycles. The number of aromatic nitrogens is 1. The first-order chi connectivity index (χ1) is 5.72. The standard InChI is InChI=1S/C8H14N2S2/c1-10(2)4-3-8-9-7(5-11)6-12-8/h6,11H,3-5H2,1-2H3. The van der Waals surface area contributed by atoms with Crippen molar-refractivity contribution in [1.29, 1.82) is 0 Å². The molecule has 4 heteroatoms. The summed E-state index contributed by atoms with van der Waals surface area (Å²) in [7, 11) is 4.15. The van der Waals surface area contributed by atoms with Gasteiger partial charge in [-0.2, -0.15) is 12.6 Å². The first-order valence-corrected chi connectivity index (χ1v) is 5.42. The SMILES string of the molecule is CN(C)CCc1nc(CS)cs1. The van der Waals surface area contributed by atoms with E-state index in [1.54, 1.807) is 11.3 Å². The number of rotatable bonds is 4. The molecule has 1 heterocycles. The van der Waals surface area contributed by atoms with Gasteiger partial charge in [0.15, 0.2) is 0 Å². The second kappa shape index (κ2) is 4.84. The van der Waals surface area contributed by atoms with E-state index in [-0.39, 0.29) is 0 Å². The highest BCUT2D eigenvalue weighted by atomic mass is 32.1. The first kappa shape index (κ1) is 10.0. The molecule has 0 saturated carbocycles. The van der Waals surface area contributed by atoms with Crippen LogP contribution < -0.4 is 0 Å². The van der Waals surface area contributed by atoms with Crippen molar-refractivity contribution in [2.75, 3.05) is 20.6 Å². The summed E-state index contributed by atoms with van der Waals surface area (Å²) >= 11 is 5.90. The van der Waals surface area contributed by atoms with Crippen LogP contribution in [0, 0.1) is 0 Å². The third-order valence-corrected chi connectivity index (χ3v) is 2.82. The van der Waals surface area contributed by atoms with Crippen LogP contribution in [0.15, 0.2) is 5.38 Å². The third-order valence-electron chi connectivity index (χ3n) is 1.53. The van der Waals surface area contributed by atoms with Crippen molar-refractivity contribution in [2.45, 2.75) is 12.2 Å². The second-order valence-corrected chi connectivity index (χ2v) is 4.20. The fourth-order valence-electron chi connectivity index (χ4n) is 0.856. The summed E-state index contributed by atoms with van der Waals surface area (Å²) < 4.78 is 0. The molecule has 0 bridgehead atoms. The van der Waals surface area contributed by atoms with E-state index in [9.17, 15) is 0 Å². The maximum absolute atomic E-state index is 4.42. The minimum atomic E-state index is 0.748. The Morgan fingerprint density at radius 3 is 2.83 bits per heavy atom. The van der Waals surface area contributed by atoms with Gasteiger partial charge in [0.1, 0.15) is 0 Å².